The van der Waals surface area contributed by atoms with Crippen molar-refractivity contribution in [1.29, 1.82) is 0 Å². The lowest BCUT2D eigenvalue weighted by atomic mass is 9.80. The Bertz CT molecular complexity index is 681. The number of hydrogen-bond donors (Lipinski definition) is 1. The van der Waals surface area contributed by atoms with Gasteiger partial charge in [-0.2, -0.15) is 13.2 Å². The van der Waals surface area contributed by atoms with Gasteiger partial charge in [0.2, 0.25) is 5.91 Å². The number of rotatable bonds is 3. The quantitative estimate of drug-likeness (QED) is 0.878. The van der Waals surface area contributed by atoms with Crippen molar-refractivity contribution in [2.24, 2.45) is 11.8 Å². The van der Waals surface area contributed by atoms with Crippen molar-refractivity contribution in [3.05, 3.63) is 35.4 Å². The highest BCUT2D eigenvalue weighted by Gasteiger charge is 2.42. The molecule has 1 fully saturated rings. The van der Waals surface area contributed by atoms with E-state index in [1.165, 1.54) is 4.90 Å². The summed E-state index contributed by atoms with van der Waals surface area (Å²) in [6, 6.07) is 6.17. The average molecular weight is 369 g/mol. The van der Waals surface area contributed by atoms with Gasteiger partial charge in [-0.1, -0.05) is 24.3 Å². The highest BCUT2D eigenvalue weighted by atomic mass is 19.4. The largest absolute Gasteiger partial charge is 0.479 e. The van der Waals surface area contributed by atoms with Crippen molar-refractivity contribution in [3.63, 3.8) is 0 Å². The lowest BCUT2D eigenvalue weighted by Gasteiger charge is -2.36. The molecule has 0 bridgehead atoms. The van der Waals surface area contributed by atoms with E-state index < -0.39 is 24.1 Å². The summed E-state index contributed by atoms with van der Waals surface area (Å²) in [6.07, 6.45) is -2.64. The summed E-state index contributed by atoms with van der Waals surface area (Å²) < 4.78 is 38.3. The number of benzene rings is 1. The van der Waals surface area contributed by atoms with Crippen LogP contribution in [0.3, 0.4) is 0 Å². The van der Waals surface area contributed by atoms with Gasteiger partial charge in [0.1, 0.15) is 0 Å². The van der Waals surface area contributed by atoms with E-state index in [0.717, 1.165) is 5.56 Å². The molecule has 1 aliphatic heterocycles. The molecule has 1 aromatic rings. The van der Waals surface area contributed by atoms with E-state index in [1.807, 2.05) is 12.1 Å². The molecule has 2 aliphatic rings. The fraction of sp³-hybridized carbons (Fsp3) is 0.579. The number of aliphatic carboxylic acids is 1. The van der Waals surface area contributed by atoms with Crippen molar-refractivity contribution in [2.45, 2.75) is 50.7 Å². The molecule has 1 aromatic carbocycles. The fourth-order valence-corrected chi connectivity index (χ4v) is 4.16. The molecule has 1 N–H and O–H groups in total. The zero-order valence-corrected chi connectivity index (χ0v) is 14.3. The van der Waals surface area contributed by atoms with Crippen molar-refractivity contribution < 1.29 is 27.9 Å². The van der Waals surface area contributed by atoms with Gasteiger partial charge in [0.05, 0.1) is 5.92 Å². The smallest absolute Gasteiger partial charge is 0.391 e. The topological polar surface area (TPSA) is 57.6 Å². The number of alkyl halides is 3. The van der Waals surface area contributed by atoms with Crippen LogP contribution in [-0.2, 0) is 16.0 Å². The number of carboxylic acid groups (broad SMARTS) is 1. The van der Waals surface area contributed by atoms with Gasteiger partial charge in [0.25, 0.3) is 0 Å². The molecule has 0 saturated heterocycles. The zero-order chi connectivity index (χ0) is 18.9. The molecule has 1 saturated carbocycles. The zero-order valence-electron chi connectivity index (χ0n) is 14.3. The minimum Gasteiger partial charge on any atom is -0.479 e. The molecule has 1 aliphatic carbocycles. The molecule has 0 aromatic heterocycles. The molecule has 26 heavy (non-hydrogen) atoms. The summed E-state index contributed by atoms with van der Waals surface area (Å²) in [5.74, 6) is -2.73. The van der Waals surface area contributed by atoms with E-state index in [2.05, 4.69) is 0 Å². The second-order valence-electron chi connectivity index (χ2n) is 7.24. The van der Waals surface area contributed by atoms with Crippen LogP contribution in [-0.4, -0.2) is 34.6 Å². The molecule has 1 unspecified atom stereocenters. The SMILES string of the molecule is O=C(O)C1c2ccccc2CCN1C(=O)CC1CCC(C(F)(F)F)CC1. The van der Waals surface area contributed by atoms with Gasteiger partial charge in [-0.05, 0) is 49.1 Å². The number of nitrogens with zero attached hydrogens (tertiary/aromatic N) is 1. The summed E-state index contributed by atoms with van der Waals surface area (Å²) in [5, 5.41) is 9.62. The van der Waals surface area contributed by atoms with Crippen LogP contribution in [0.2, 0.25) is 0 Å². The van der Waals surface area contributed by atoms with E-state index in [-0.39, 0.29) is 31.1 Å². The first-order valence-electron chi connectivity index (χ1n) is 8.94. The molecule has 1 amide bonds. The third-order valence-electron chi connectivity index (χ3n) is 5.61. The maximum atomic E-state index is 12.8. The van der Waals surface area contributed by atoms with Gasteiger partial charge in [0, 0.05) is 13.0 Å². The molecule has 4 nitrogen and oxygen atoms in total. The fourth-order valence-electron chi connectivity index (χ4n) is 4.16. The summed E-state index contributed by atoms with van der Waals surface area (Å²) in [7, 11) is 0. The molecule has 0 radical (unpaired) electrons. The van der Waals surface area contributed by atoms with Crippen molar-refractivity contribution in [2.75, 3.05) is 6.54 Å². The van der Waals surface area contributed by atoms with E-state index >= 15 is 0 Å². The summed E-state index contributed by atoms with van der Waals surface area (Å²) in [6.45, 7) is 0.324. The Morgan fingerprint density at radius 1 is 1.12 bits per heavy atom. The average Bonchev–Trinajstić information content (AvgIpc) is 2.60. The maximum Gasteiger partial charge on any atom is 0.391 e. The van der Waals surface area contributed by atoms with Gasteiger partial charge < -0.3 is 10.0 Å². The molecule has 7 heteroatoms. The Morgan fingerprint density at radius 2 is 1.77 bits per heavy atom. The first kappa shape index (κ1) is 18.7. The Morgan fingerprint density at radius 3 is 2.38 bits per heavy atom. The van der Waals surface area contributed by atoms with Crippen molar-refractivity contribution in [3.8, 4) is 0 Å². The molecular weight excluding hydrogens is 347 g/mol. The number of carbonyl (C=O) groups is 2. The molecule has 142 valence electrons. The van der Waals surface area contributed by atoms with E-state index in [9.17, 15) is 27.9 Å². The van der Waals surface area contributed by atoms with E-state index in [0.29, 0.717) is 31.4 Å². The number of halogens is 3. The first-order valence-corrected chi connectivity index (χ1v) is 8.94. The van der Waals surface area contributed by atoms with Crippen LogP contribution in [0.4, 0.5) is 13.2 Å². The Kier molecular flexibility index (Phi) is 5.25. The summed E-state index contributed by atoms with van der Waals surface area (Å²) in [5.41, 5.74) is 1.55. The molecule has 3 rings (SSSR count). The molecule has 0 spiro atoms. The number of carbonyl (C=O) groups excluding carboxylic acids is 1. The number of amides is 1. The van der Waals surface area contributed by atoms with Crippen LogP contribution in [0.1, 0.15) is 49.3 Å². The van der Waals surface area contributed by atoms with Gasteiger partial charge in [-0.25, -0.2) is 4.79 Å². The number of fused-ring (bicyclic) bond motifs is 1. The van der Waals surface area contributed by atoms with Crippen LogP contribution < -0.4 is 0 Å². The van der Waals surface area contributed by atoms with E-state index in [1.54, 1.807) is 12.1 Å². The van der Waals surface area contributed by atoms with E-state index in [4.69, 9.17) is 0 Å². The minimum absolute atomic E-state index is 0.0483. The van der Waals surface area contributed by atoms with Crippen LogP contribution >= 0.6 is 0 Å². The van der Waals surface area contributed by atoms with Crippen molar-refractivity contribution >= 4 is 11.9 Å². The van der Waals surface area contributed by atoms with Crippen LogP contribution in [0.15, 0.2) is 24.3 Å². The van der Waals surface area contributed by atoms with Crippen LogP contribution in [0.25, 0.3) is 0 Å². The lowest BCUT2D eigenvalue weighted by Crippen LogP contribution is -2.44. The predicted octanol–water partition coefficient (Wildman–Crippen LogP) is 3.96. The molecule has 1 atom stereocenters. The molecular formula is C19H22F3NO3. The third kappa shape index (κ3) is 3.86. The predicted molar refractivity (Wildman–Crippen MR) is 88.4 cm³/mol. The Balaban J connectivity index is 1.66. The van der Waals surface area contributed by atoms with Crippen LogP contribution in [0, 0.1) is 11.8 Å². The lowest BCUT2D eigenvalue weighted by molar-refractivity contribution is -0.184. The van der Waals surface area contributed by atoms with Gasteiger partial charge in [0.15, 0.2) is 6.04 Å². The summed E-state index contributed by atoms with van der Waals surface area (Å²) >= 11 is 0. The van der Waals surface area contributed by atoms with Gasteiger partial charge in [-0.15, -0.1) is 0 Å². The second kappa shape index (κ2) is 7.29. The van der Waals surface area contributed by atoms with Gasteiger partial charge >= 0.3 is 12.1 Å². The summed E-state index contributed by atoms with van der Waals surface area (Å²) in [4.78, 5) is 25.8. The maximum absolute atomic E-state index is 12.8. The monoisotopic (exact) mass is 369 g/mol. The van der Waals surface area contributed by atoms with Crippen LogP contribution in [0.5, 0.6) is 0 Å². The minimum atomic E-state index is -4.17. The Hall–Kier alpha value is -2.05. The highest BCUT2D eigenvalue weighted by molar-refractivity contribution is 5.85. The highest BCUT2D eigenvalue weighted by Crippen LogP contribution is 2.41. The second-order valence-corrected chi connectivity index (χ2v) is 7.24. The standard InChI is InChI=1S/C19H22F3NO3/c20-19(21,22)14-7-5-12(6-8-14)11-16(24)23-10-9-13-3-1-2-4-15(13)17(23)18(25)26/h1-4,12,14,17H,5-11H2,(H,25,26). The number of carboxylic acids is 1. The number of hydrogen-bond acceptors (Lipinski definition) is 2. The Labute approximate surface area is 150 Å². The first-order chi connectivity index (χ1) is 12.3. The third-order valence-corrected chi connectivity index (χ3v) is 5.61. The molecule has 1 heterocycles. The normalized spacial score (nSPS) is 26.3. The van der Waals surface area contributed by atoms with Gasteiger partial charge in [-0.3, -0.25) is 4.79 Å². The van der Waals surface area contributed by atoms with Crippen molar-refractivity contribution in [1.82, 2.24) is 4.90 Å².